The normalized spacial score (nSPS) is 18.9. The van der Waals surface area contributed by atoms with Crippen LogP contribution in [-0.4, -0.2) is 41.6 Å². The summed E-state index contributed by atoms with van der Waals surface area (Å²) < 4.78 is 31.7. The topological polar surface area (TPSA) is 69.6 Å². The third kappa shape index (κ3) is 5.03. The molecule has 1 aliphatic heterocycles. The maximum Gasteiger partial charge on any atom is 0.490 e. The van der Waals surface area contributed by atoms with E-state index in [9.17, 15) is 13.2 Å². The lowest BCUT2D eigenvalue weighted by Gasteiger charge is -2.29. The first-order valence-corrected chi connectivity index (χ1v) is 3.94. The number of carbonyl (C=O) groups is 1. The van der Waals surface area contributed by atoms with Gasteiger partial charge in [-0.2, -0.15) is 13.2 Å². The predicted octanol–water partition coefficient (Wildman–Crippen LogP) is 0.220. The minimum Gasteiger partial charge on any atom is -0.475 e. The molecule has 3 N–H and O–H groups in total. The summed E-state index contributed by atoms with van der Waals surface area (Å²) in [4.78, 5) is 8.90. The Morgan fingerprint density at radius 1 is 1.50 bits per heavy atom. The van der Waals surface area contributed by atoms with Crippen LogP contribution in [-0.2, 0) is 4.79 Å². The number of alkyl halides is 3. The monoisotopic (exact) mass is 215 g/mol. The van der Waals surface area contributed by atoms with Gasteiger partial charge in [0.1, 0.15) is 0 Å². The number of nitrogens with one attached hydrogen (secondary N) is 1. The number of aliphatic hydroxyl groups is 1. The molecule has 0 spiro atoms. The fourth-order valence-corrected chi connectivity index (χ4v) is 0.652. The van der Waals surface area contributed by atoms with Gasteiger partial charge in [-0.3, -0.25) is 0 Å². The van der Waals surface area contributed by atoms with Gasteiger partial charge >= 0.3 is 12.1 Å². The van der Waals surface area contributed by atoms with Crippen molar-refractivity contribution in [2.75, 3.05) is 13.1 Å². The molecule has 1 saturated heterocycles. The van der Waals surface area contributed by atoms with Crippen LogP contribution in [0.4, 0.5) is 13.2 Å². The molecule has 1 heterocycles. The molecule has 0 radical (unpaired) electrons. The van der Waals surface area contributed by atoms with Gasteiger partial charge in [-0.25, -0.2) is 4.79 Å². The summed E-state index contributed by atoms with van der Waals surface area (Å²) >= 11 is 0. The van der Waals surface area contributed by atoms with Crippen LogP contribution in [0.15, 0.2) is 0 Å². The molecule has 0 aromatic carbocycles. The molecule has 1 rings (SSSR count). The van der Waals surface area contributed by atoms with E-state index >= 15 is 0 Å². The summed E-state index contributed by atoms with van der Waals surface area (Å²) in [5.41, 5.74) is 0. The van der Waals surface area contributed by atoms with Crippen molar-refractivity contribution in [2.24, 2.45) is 5.92 Å². The molecule has 84 valence electrons. The van der Waals surface area contributed by atoms with Gasteiger partial charge in [0.2, 0.25) is 0 Å². The van der Waals surface area contributed by atoms with E-state index in [0.29, 0.717) is 5.92 Å². The first kappa shape index (κ1) is 13.2. The number of hydrogen-bond donors (Lipinski definition) is 3. The highest BCUT2D eigenvalue weighted by molar-refractivity contribution is 5.73. The fraction of sp³-hybridized carbons (Fsp3) is 0.857. The average Bonchev–Trinajstić information content (AvgIpc) is 1.79. The minimum atomic E-state index is -5.08. The highest BCUT2D eigenvalue weighted by Crippen LogP contribution is 2.13. The van der Waals surface area contributed by atoms with E-state index in [2.05, 4.69) is 5.32 Å². The Balaban J connectivity index is 0.000000241. The zero-order valence-electron chi connectivity index (χ0n) is 7.51. The van der Waals surface area contributed by atoms with Crippen LogP contribution in [0.25, 0.3) is 0 Å². The summed E-state index contributed by atoms with van der Waals surface area (Å²) in [7, 11) is 0. The first-order valence-electron chi connectivity index (χ1n) is 3.94. The Morgan fingerprint density at radius 3 is 1.86 bits per heavy atom. The largest absolute Gasteiger partial charge is 0.490 e. The molecule has 0 aromatic heterocycles. The van der Waals surface area contributed by atoms with Crippen LogP contribution >= 0.6 is 0 Å². The third-order valence-electron chi connectivity index (χ3n) is 1.74. The van der Waals surface area contributed by atoms with Gasteiger partial charge in [0.05, 0.1) is 6.10 Å². The molecule has 0 amide bonds. The lowest BCUT2D eigenvalue weighted by molar-refractivity contribution is -0.192. The van der Waals surface area contributed by atoms with Crippen molar-refractivity contribution in [2.45, 2.75) is 19.2 Å². The van der Waals surface area contributed by atoms with E-state index in [-0.39, 0.29) is 6.10 Å². The summed E-state index contributed by atoms with van der Waals surface area (Å²) in [6, 6.07) is 0. The maximum atomic E-state index is 10.6. The van der Waals surface area contributed by atoms with Crippen LogP contribution in [0.2, 0.25) is 0 Å². The molecule has 14 heavy (non-hydrogen) atoms. The lowest BCUT2D eigenvalue weighted by atomic mass is 9.98. The quantitative estimate of drug-likeness (QED) is 0.585. The van der Waals surface area contributed by atoms with E-state index < -0.39 is 12.1 Å². The second-order valence-electron chi connectivity index (χ2n) is 2.96. The Morgan fingerprint density at radius 2 is 1.86 bits per heavy atom. The van der Waals surface area contributed by atoms with Crippen molar-refractivity contribution in [3.05, 3.63) is 0 Å². The Hall–Kier alpha value is -0.820. The van der Waals surface area contributed by atoms with Crippen LogP contribution in [0, 0.1) is 5.92 Å². The second kappa shape index (κ2) is 5.16. The summed E-state index contributed by atoms with van der Waals surface area (Å²) in [5, 5.41) is 19.0. The molecule has 1 fully saturated rings. The number of rotatable bonds is 1. The van der Waals surface area contributed by atoms with E-state index in [4.69, 9.17) is 15.0 Å². The number of aliphatic hydroxyl groups excluding tert-OH is 1. The minimum absolute atomic E-state index is 0.110. The SMILES string of the molecule is CC(O)C1CNC1.O=C(O)C(F)(F)F. The van der Waals surface area contributed by atoms with Crippen LogP contribution < -0.4 is 5.32 Å². The van der Waals surface area contributed by atoms with E-state index in [1.807, 2.05) is 6.92 Å². The standard InChI is InChI=1S/C5H11NO.C2HF3O2/c1-4(7)5-2-6-3-5;3-2(4,5)1(6)7/h4-7H,2-3H2,1H3;(H,6,7). The Kier molecular flexibility index (Phi) is 4.86. The smallest absolute Gasteiger partial charge is 0.475 e. The molecule has 1 unspecified atom stereocenters. The van der Waals surface area contributed by atoms with Crippen LogP contribution in [0.5, 0.6) is 0 Å². The average molecular weight is 215 g/mol. The zero-order chi connectivity index (χ0) is 11.4. The molecule has 4 nitrogen and oxygen atoms in total. The van der Waals surface area contributed by atoms with Gasteiger partial charge in [-0.1, -0.05) is 0 Å². The second-order valence-corrected chi connectivity index (χ2v) is 2.96. The molecule has 7 heteroatoms. The summed E-state index contributed by atoms with van der Waals surface area (Å²) in [6.45, 7) is 3.83. The van der Waals surface area contributed by atoms with Crippen molar-refractivity contribution in [3.8, 4) is 0 Å². The van der Waals surface area contributed by atoms with Crippen molar-refractivity contribution >= 4 is 5.97 Å². The van der Waals surface area contributed by atoms with Crippen LogP contribution in [0.1, 0.15) is 6.92 Å². The predicted molar refractivity (Wildman–Crippen MR) is 41.7 cm³/mol. The van der Waals surface area contributed by atoms with Crippen molar-refractivity contribution in [1.29, 1.82) is 0 Å². The van der Waals surface area contributed by atoms with Crippen molar-refractivity contribution in [1.82, 2.24) is 5.32 Å². The number of carboxylic acids is 1. The van der Waals surface area contributed by atoms with Gasteiger partial charge in [-0.05, 0) is 6.92 Å². The fourth-order valence-electron chi connectivity index (χ4n) is 0.652. The van der Waals surface area contributed by atoms with Gasteiger partial charge in [0.25, 0.3) is 0 Å². The molecular formula is C7H12F3NO3. The maximum absolute atomic E-state index is 10.6. The molecule has 0 saturated carbocycles. The van der Waals surface area contributed by atoms with Crippen molar-refractivity contribution < 1.29 is 28.2 Å². The molecule has 1 atom stereocenters. The lowest BCUT2D eigenvalue weighted by Crippen LogP contribution is -2.47. The van der Waals surface area contributed by atoms with E-state index in [0.717, 1.165) is 13.1 Å². The number of hydrogen-bond acceptors (Lipinski definition) is 3. The molecule has 1 aliphatic rings. The highest BCUT2D eigenvalue weighted by atomic mass is 19.4. The summed E-state index contributed by atoms with van der Waals surface area (Å²) in [6.07, 6.45) is -5.19. The van der Waals surface area contributed by atoms with Gasteiger partial charge in [-0.15, -0.1) is 0 Å². The van der Waals surface area contributed by atoms with Crippen molar-refractivity contribution in [3.63, 3.8) is 0 Å². The Bertz CT molecular complexity index is 189. The van der Waals surface area contributed by atoms with Gasteiger partial charge in [0, 0.05) is 19.0 Å². The number of aliphatic carboxylic acids is 1. The number of halogens is 3. The van der Waals surface area contributed by atoms with E-state index in [1.165, 1.54) is 0 Å². The zero-order valence-corrected chi connectivity index (χ0v) is 7.51. The Labute approximate surface area is 78.7 Å². The number of carboxylic acid groups (broad SMARTS) is 1. The molecule has 0 bridgehead atoms. The van der Waals surface area contributed by atoms with Crippen LogP contribution in [0.3, 0.4) is 0 Å². The first-order chi connectivity index (χ1) is 6.25. The highest BCUT2D eigenvalue weighted by Gasteiger charge is 2.38. The molecule has 0 aromatic rings. The van der Waals surface area contributed by atoms with E-state index in [1.54, 1.807) is 0 Å². The van der Waals surface area contributed by atoms with Gasteiger partial charge in [0.15, 0.2) is 0 Å². The van der Waals surface area contributed by atoms with Gasteiger partial charge < -0.3 is 15.5 Å². The third-order valence-corrected chi connectivity index (χ3v) is 1.74. The summed E-state index contributed by atoms with van der Waals surface area (Å²) in [5.74, 6) is -2.23. The molecular weight excluding hydrogens is 203 g/mol. The molecule has 0 aliphatic carbocycles.